The number of aliphatic carboxylic acids is 1. The zero-order valence-corrected chi connectivity index (χ0v) is 17.3. The Kier molecular flexibility index (Phi) is 5.86. The maximum Gasteiger partial charge on any atom is 0.352 e. The predicted octanol–water partition coefficient (Wildman–Crippen LogP) is -2.18. The van der Waals surface area contributed by atoms with Crippen molar-refractivity contribution in [1.82, 2.24) is 50.6 Å². The molecule has 2 amide bonds. The quantitative estimate of drug-likeness (QED) is 0.247. The van der Waals surface area contributed by atoms with Gasteiger partial charge in [-0.15, -0.1) is 28.4 Å². The Morgan fingerprint density at radius 2 is 2.23 bits per heavy atom. The molecule has 1 fully saturated rings. The van der Waals surface area contributed by atoms with E-state index in [0.29, 0.717) is 16.5 Å². The topological polar surface area (TPSA) is 174 Å². The number of thioether (sulfide) groups is 2. The molecule has 0 saturated carbocycles. The third kappa shape index (κ3) is 4.09. The summed E-state index contributed by atoms with van der Waals surface area (Å²) in [5.41, 5.74) is 0.476. The summed E-state index contributed by atoms with van der Waals surface area (Å²) in [5, 5.41) is 34.0. The van der Waals surface area contributed by atoms with Crippen LogP contribution in [0.1, 0.15) is 0 Å². The molecule has 1 saturated heterocycles. The maximum absolute atomic E-state index is 12.7. The molecule has 0 spiro atoms. The number of terminal acetylenes is 1. The summed E-state index contributed by atoms with van der Waals surface area (Å²) in [5.74, 6) is 0.930. The number of amides is 2. The number of carboxylic acid groups (broad SMARTS) is 1. The summed E-state index contributed by atoms with van der Waals surface area (Å²) in [6.07, 6.45) is 6.56. The van der Waals surface area contributed by atoms with E-state index in [9.17, 15) is 19.5 Å². The van der Waals surface area contributed by atoms with Crippen molar-refractivity contribution in [3.8, 4) is 12.3 Å². The van der Waals surface area contributed by atoms with E-state index in [2.05, 4.69) is 42.3 Å². The van der Waals surface area contributed by atoms with Gasteiger partial charge in [0, 0.05) is 11.5 Å². The van der Waals surface area contributed by atoms with Gasteiger partial charge in [-0.3, -0.25) is 14.5 Å². The van der Waals surface area contributed by atoms with Gasteiger partial charge in [0.25, 0.3) is 5.91 Å². The van der Waals surface area contributed by atoms with Gasteiger partial charge in [-0.05, 0) is 26.4 Å². The number of carbonyl (C=O) groups is 3. The molecule has 0 aliphatic carbocycles. The first-order chi connectivity index (χ1) is 15.0. The fourth-order valence-electron chi connectivity index (χ4n) is 3.05. The molecule has 14 nitrogen and oxygen atoms in total. The number of hydrogen-bond donors (Lipinski definition) is 2. The normalized spacial score (nSPS) is 20.1. The zero-order valence-electron chi connectivity index (χ0n) is 15.7. The van der Waals surface area contributed by atoms with Crippen molar-refractivity contribution in [2.75, 3.05) is 11.5 Å². The molecule has 2 aliphatic heterocycles. The number of nitrogens with one attached hydrogen (secondary N) is 1. The molecule has 2 N–H and O–H groups in total. The number of rotatable bonds is 8. The number of hydrogen-bond acceptors (Lipinski definition) is 11. The second kappa shape index (κ2) is 8.73. The van der Waals surface area contributed by atoms with Crippen molar-refractivity contribution in [2.24, 2.45) is 0 Å². The van der Waals surface area contributed by atoms with Gasteiger partial charge >= 0.3 is 5.97 Å². The highest BCUT2D eigenvalue weighted by molar-refractivity contribution is 8.01. The molecule has 2 aromatic rings. The van der Waals surface area contributed by atoms with Gasteiger partial charge in [0.05, 0.1) is 0 Å². The van der Waals surface area contributed by atoms with E-state index >= 15 is 0 Å². The van der Waals surface area contributed by atoms with Gasteiger partial charge < -0.3 is 10.4 Å². The third-order valence-electron chi connectivity index (χ3n) is 4.38. The number of β-lactam (4-membered cyclic amide) rings is 1. The first-order valence-corrected chi connectivity index (χ1v) is 10.8. The van der Waals surface area contributed by atoms with Gasteiger partial charge in [-0.1, -0.05) is 17.7 Å². The number of nitrogens with zero attached hydrogens (tertiary/aromatic N) is 9. The molecule has 2 aromatic heterocycles. The van der Waals surface area contributed by atoms with Crippen LogP contribution in [0.5, 0.6) is 0 Å². The smallest absolute Gasteiger partial charge is 0.352 e. The Morgan fingerprint density at radius 3 is 2.94 bits per heavy atom. The Morgan fingerprint density at radius 1 is 1.39 bits per heavy atom. The Bertz CT molecular complexity index is 1090. The van der Waals surface area contributed by atoms with E-state index in [1.807, 2.05) is 0 Å². The van der Waals surface area contributed by atoms with Crippen molar-refractivity contribution >= 4 is 41.3 Å². The summed E-state index contributed by atoms with van der Waals surface area (Å²) in [6, 6.07) is -0.819. The highest BCUT2D eigenvalue weighted by Crippen LogP contribution is 2.41. The van der Waals surface area contributed by atoms with E-state index in [4.69, 9.17) is 6.42 Å². The van der Waals surface area contributed by atoms with E-state index in [1.54, 1.807) is 0 Å². The van der Waals surface area contributed by atoms with Crippen LogP contribution < -0.4 is 5.32 Å². The zero-order chi connectivity index (χ0) is 22.0. The van der Waals surface area contributed by atoms with Crippen LogP contribution in [0, 0.1) is 12.3 Å². The molecule has 0 radical (unpaired) electrons. The molecular formula is C15H14N10O4S2. The molecule has 2 atom stereocenters. The van der Waals surface area contributed by atoms with Crippen LogP contribution in [-0.2, 0) is 27.5 Å². The summed E-state index contributed by atoms with van der Waals surface area (Å²) in [6.45, 7) is 0.0394. The Hall–Kier alpha value is -3.45. The fraction of sp³-hybridized carbons (Fsp3) is 0.400. The molecular weight excluding hydrogens is 448 g/mol. The van der Waals surface area contributed by atoms with Crippen molar-refractivity contribution in [3.63, 3.8) is 0 Å². The summed E-state index contributed by atoms with van der Waals surface area (Å²) in [7, 11) is 0. The van der Waals surface area contributed by atoms with Crippen LogP contribution in [-0.4, -0.2) is 91.1 Å². The van der Waals surface area contributed by atoms with Crippen molar-refractivity contribution in [3.05, 3.63) is 17.6 Å². The van der Waals surface area contributed by atoms with Crippen LogP contribution in [0.2, 0.25) is 0 Å². The van der Waals surface area contributed by atoms with Gasteiger partial charge in [0.1, 0.15) is 36.5 Å². The van der Waals surface area contributed by atoms with Crippen LogP contribution in [0.3, 0.4) is 0 Å². The van der Waals surface area contributed by atoms with Crippen LogP contribution in [0.4, 0.5) is 0 Å². The lowest BCUT2D eigenvalue weighted by molar-refractivity contribution is -0.150. The first kappa shape index (κ1) is 20.8. The Balaban J connectivity index is 1.44. The third-order valence-corrected chi connectivity index (χ3v) is 6.76. The summed E-state index contributed by atoms with van der Waals surface area (Å²) >= 11 is 2.60. The lowest BCUT2D eigenvalue weighted by Crippen LogP contribution is -2.70. The minimum atomic E-state index is -1.21. The average Bonchev–Trinajstić information content (AvgIpc) is 3.42. The van der Waals surface area contributed by atoms with E-state index in [0.717, 1.165) is 0 Å². The van der Waals surface area contributed by atoms with Crippen molar-refractivity contribution < 1.29 is 19.5 Å². The predicted molar refractivity (Wildman–Crippen MR) is 105 cm³/mol. The largest absolute Gasteiger partial charge is 0.477 e. The average molecular weight is 462 g/mol. The first-order valence-electron chi connectivity index (χ1n) is 8.72. The van der Waals surface area contributed by atoms with Gasteiger partial charge in [-0.2, -0.15) is 0 Å². The molecule has 2 aliphatic rings. The molecule has 4 rings (SSSR count). The van der Waals surface area contributed by atoms with Crippen molar-refractivity contribution in [1.29, 1.82) is 0 Å². The maximum atomic E-state index is 12.7. The monoisotopic (exact) mass is 462 g/mol. The van der Waals surface area contributed by atoms with E-state index in [-0.39, 0.29) is 24.5 Å². The molecule has 16 heteroatoms. The minimum Gasteiger partial charge on any atom is -0.477 e. The fourth-order valence-corrected chi connectivity index (χ4v) is 5.41. The lowest BCUT2D eigenvalue weighted by Gasteiger charge is -2.49. The van der Waals surface area contributed by atoms with Crippen LogP contribution >= 0.6 is 23.5 Å². The lowest BCUT2D eigenvalue weighted by atomic mass is 10.0. The van der Waals surface area contributed by atoms with Crippen LogP contribution in [0.15, 0.2) is 22.8 Å². The molecule has 4 heterocycles. The highest BCUT2D eigenvalue weighted by Gasteiger charge is 2.54. The minimum absolute atomic E-state index is 0.0804. The molecule has 31 heavy (non-hydrogen) atoms. The number of aromatic nitrogens is 8. The van der Waals surface area contributed by atoms with Crippen LogP contribution in [0.25, 0.3) is 0 Å². The van der Waals surface area contributed by atoms with Gasteiger partial charge in [-0.25, -0.2) is 14.2 Å². The SMILES string of the molecule is C#CCn1nnnc1SCC1=C(C(=O)O)N2C(=O)C(NC(=O)Cn3cnnn3)[C@H]2SC1. The van der Waals surface area contributed by atoms with Crippen molar-refractivity contribution in [2.45, 2.75) is 29.7 Å². The van der Waals surface area contributed by atoms with Gasteiger partial charge in [0.15, 0.2) is 0 Å². The molecule has 0 aromatic carbocycles. The second-order valence-electron chi connectivity index (χ2n) is 6.33. The number of tetrazole rings is 2. The summed E-state index contributed by atoms with van der Waals surface area (Å²) in [4.78, 5) is 37.9. The van der Waals surface area contributed by atoms with E-state index < -0.39 is 29.2 Å². The molecule has 160 valence electrons. The van der Waals surface area contributed by atoms with Gasteiger partial charge in [0.2, 0.25) is 11.1 Å². The molecule has 1 unspecified atom stereocenters. The number of carboxylic acids is 1. The number of carbonyl (C=O) groups excluding carboxylic acids is 2. The number of fused-ring (bicyclic) bond motifs is 1. The standard InChI is InChI=1S/C15H14N10O4S2/c1-2-3-24-15(18-20-22-24)31-6-8-5-30-13-10(12(27)25(13)11(8)14(28)29)17-9(26)4-23-7-16-19-21-23/h1,7,10,13H,3-6H2,(H,17,26)(H,28,29)/t10?,13-/m1/s1. The molecule has 0 bridgehead atoms. The Labute approximate surface area is 182 Å². The second-order valence-corrected chi connectivity index (χ2v) is 8.38. The van der Waals surface area contributed by atoms with E-state index in [1.165, 1.54) is 44.1 Å². The summed E-state index contributed by atoms with van der Waals surface area (Å²) < 4.78 is 2.64. The highest BCUT2D eigenvalue weighted by atomic mass is 32.2.